The van der Waals surface area contributed by atoms with Gasteiger partial charge in [0.15, 0.2) is 0 Å². The van der Waals surface area contributed by atoms with E-state index in [4.69, 9.17) is 17.0 Å². The van der Waals surface area contributed by atoms with Crippen molar-refractivity contribution in [3.05, 3.63) is 76.9 Å². The third-order valence-electron chi connectivity index (χ3n) is 5.62. The molecule has 4 rings (SSSR count). The van der Waals surface area contributed by atoms with E-state index >= 15 is 0 Å². The molecule has 0 aromatic heterocycles. The Bertz CT molecular complexity index is 1030. The predicted octanol–water partition coefficient (Wildman–Crippen LogP) is 8.40. The van der Waals surface area contributed by atoms with Crippen LogP contribution >= 0.6 is 17.0 Å². The third-order valence-corrected chi connectivity index (χ3v) is 10.9. The second-order valence-corrected chi connectivity index (χ2v) is 16.4. The summed E-state index contributed by atoms with van der Waals surface area (Å²) in [4.78, 5) is 0. The Hall–Kier alpha value is -0.877. The SMILES string of the molecule is CCC1=Cc2c(-c3cccc4ccccc34)cc(C(C)C)cc2[CH]1[Zr]([Cl])[Cl]. The molecule has 1 atom stereocenters. The zero-order valence-electron chi connectivity index (χ0n) is 15.9. The molecule has 0 N–H and O–H groups in total. The van der Waals surface area contributed by atoms with Gasteiger partial charge in [-0.25, -0.2) is 0 Å². The normalized spacial score (nSPS) is 15.9. The standard InChI is InChI=1S/C24H23.2ClH.Zr/c1-4-17-12-20-14-19(16(2)3)15-24(23(20)13-17)22-11-7-9-18-8-5-6-10-21(18)22;;;/h5-16H,4H2,1-3H3;2*1H;/q;;;+2/p-2. The molecule has 3 aromatic rings. The summed E-state index contributed by atoms with van der Waals surface area (Å²) in [5, 5.41) is 2.58. The van der Waals surface area contributed by atoms with Crippen molar-refractivity contribution >= 4 is 33.9 Å². The van der Waals surface area contributed by atoms with E-state index in [1.54, 1.807) is 0 Å². The molecule has 0 heterocycles. The van der Waals surface area contributed by atoms with Gasteiger partial charge in [-0.1, -0.05) is 0 Å². The molecule has 3 aromatic carbocycles. The fourth-order valence-electron chi connectivity index (χ4n) is 4.15. The monoisotopic (exact) mass is 471 g/mol. The predicted molar refractivity (Wildman–Crippen MR) is 116 cm³/mol. The van der Waals surface area contributed by atoms with Crippen LogP contribution in [0.3, 0.4) is 0 Å². The fourth-order valence-corrected chi connectivity index (χ4v) is 9.76. The van der Waals surface area contributed by atoms with Crippen LogP contribution in [-0.4, -0.2) is 0 Å². The fraction of sp³-hybridized carbons (Fsp3) is 0.250. The van der Waals surface area contributed by atoms with Crippen LogP contribution in [0.2, 0.25) is 0 Å². The van der Waals surface area contributed by atoms with Gasteiger partial charge in [-0.15, -0.1) is 0 Å². The molecule has 0 radical (unpaired) electrons. The van der Waals surface area contributed by atoms with Crippen LogP contribution in [-0.2, 0) is 19.4 Å². The molecule has 0 amide bonds. The van der Waals surface area contributed by atoms with Gasteiger partial charge in [-0.3, -0.25) is 0 Å². The average molecular weight is 474 g/mol. The first-order valence-corrected chi connectivity index (χ1v) is 17.3. The molecule has 1 unspecified atom stereocenters. The summed E-state index contributed by atoms with van der Waals surface area (Å²) in [7, 11) is 13.3. The van der Waals surface area contributed by atoms with Crippen LogP contribution in [0.4, 0.5) is 0 Å². The summed E-state index contributed by atoms with van der Waals surface area (Å²) < 4.78 is 0.281. The summed E-state index contributed by atoms with van der Waals surface area (Å²) in [6.07, 6.45) is 3.38. The van der Waals surface area contributed by atoms with Gasteiger partial charge in [0.25, 0.3) is 0 Å². The summed E-state index contributed by atoms with van der Waals surface area (Å²) in [6.45, 7) is 6.73. The van der Waals surface area contributed by atoms with E-state index in [0.29, 0.717) is 5.92 Å². The maximum absolute atomic E-state index is 6.63. The first-order valence-electron chi connectivity index (χ1n) is 9.55. The van der Waals surface area contributed by atoms with E-state index in [1.165, 1.54) is 44.2 Å². The molecule has 0 nitrogen and oxygen atoms in total. The van der Waals surface area contributed by atoms with E-state index in [9.17, 15) is 0 Å². The number of rotatable bonds is 4. The summed E-state index contributed by atoms with van der Waals surface area (Å²) in [5.74, 6) is 0.466. The Morgan fingerprint density at radius 3 is 2.41 bits per heavy atom. The van der Waals surface area contributed by atoms with Crippen LogP contribution in [0, 0.1) is 0 Å². The van der Waals surface area contributed by atoms with E-state index in [-0.39, 0.29) is 3.63 Å². The number of allylic oxidation sites excluding steroid dienone is 1. The van der Waals surface area contributed by atoms with Gasteiger partial charge in [0.05, 0.1) is 0 Å². The molecule has 0 aliphatic heterocycles. The van der Waals surface area contributed by atoms with Gasteiger partial charge in [-0.2, -0.15) is 0 Å². The van der Waals surface area contributed by atoms with E-state index in [2.05, 4.69) is 81.4 Å². The molecule has 0 saturated heterocycles. The summed E-state index contributed by atoms with van der Waals surface area (Å²) in [6, 6.07) is 20.0. The van der Waals surface area contributed by atoms with Gasteiger partial charge >= 0.3 is 178 Å². The van der Waals surface area contributed by atoms with Crippen molar-refractivity contribution in [1.29, 1.82) is 0 Å². The zero-order valence-corrected chi connectivity index (χ0v) is 19.9. The molecule has 3 heteroatoms. The molecule has 0 saturated carbocycles. The molecule has 0 bridgehead atoms. The second-order valence-electron chi connectivity index (χ2n) is 7.55. The summed E-state index contributed by atoms with van der Waals surface area (Å²) >= 11 is -2.48. The van der Waals surface area contributed by atoms with E-state index in [1.807, 2.05) is 0 Å². The number of halogens is 2. The van der Waals surface area contributed by atoms with Crippen LogP contribution < -0.4 is 0 Å². The maximum atomic E-state index is 6.63. The van der Waals surface area contributed by atoms with Crippen molar-refractivity contribution in [2.45, 2.75) is 36.7 Å². The van der Waals surface area contributed by atoms with Gasteiger partial charge in [-0.05, 0) is 0 Å². The minimum absolute atomic E-state index is 0.281. The number of hydrogen-bond donors (Lipinski definition) is 0. The van der Waals surface area contributed by atoms with Crippen LogP contribution in [0.1, 0.15) is 53.4 Å². The Balaban J connectivity index is 2.04. The van der Waals surface area contributed by atoms with Crippen LogP contribution in [0.15, 0.2) is 60.2 Å². The second kappa shape index (κ2) is 7.86. The first-order chi connectivity index (χ1) is 13.0. The Labute approximate surface area is 177 Å². The van der Waals surface area contributed by atoms with Gasteiger partial charge in [0.1, 0.15) is 0 Å². The number of hydrogen-bond acceptors (Lipinski definition) is 0. The van der Waals surface area contributed by atoms with E-state index in [0.717, 1.165) is 6.42 Å². The molecule has 0 spiro atoms. The van der Waals surface area contributed by atoms with Crippen LogP contribution in [0.25, 0.3) is 28.0 Å². The van der Waals surface area contributed by atoms with Gasteiger partial charge in [0, 0.05) is 0 Å². The van der Waals surface area contributed by atoms with Crippen molar-refractivity contribution in [1.82, 2.24) is 0 Å². The van der Waals surface area contributed by atoms with E-state index < -0.39 is 19.4 Å². The van der Waals surface area contributed by atoms with Crippen molar-refractivity contribution in [2.75, 3.05) is 0 Å². The van der Waals surface area contributed by atoms with Crippen molar-refractivity contribution in [3.8, 4) is 11.1 Å². The Kier molecular flexibility index (Phi) is 5.66. The van der Waals surface area contributed by atoms with Crippen molar-refractivity contribution < 1.29 is 19.4 Å². The third kappa shape index (κ3) is 3.48. The zero-order chi connectivity index (χ0) is 19.1. The van der Waals surface area contributed by atoms with Crippen molar-refractivity contribution in [3.63, 3.8) is 0 Å². The molecule has 1 aliphatic rings. The molecular weight excluding hydrogens is 450 g/mol. The molecule has 27 heavy (non-hydrogen) atoms. The summed E-state index contributed by atoms with van der Waals surface area (Å²) in [5.41, 5.74) is 8.09. The topological polar surface area (TPSA) is 0 Å². The van der Waals surface area contributed by atoms with Gasteiger partial charge < -0.3 is 0 Å². The van der Waals surface area contributed by atoms with Crippen molar-refractivity contribution in [2.24, 2.45) is 0 Å². The quantitative estimate of drug-likeness (QED) is 0.357. The minimum atomic E-state index is -2.48. The molecule has 1 aliphatic carbocycles. The van der Waals surface area contributed by atoms with Gasteiger partial charge in [0.2, 0.25) is 0 Å². The molecule has 0 fully saturated rings. The van der Waals surface area contributed by atoms with Crippen LogP contribution in [0.5, 0.6) is 0 Å². The average Bonchev–Trinajstić information content (AvgIpc) is 3.05. The number of benzene rings is 3. The first kappa shape index (κ1) is 19.4. The Morgan fingerprint density at radius 2 is 1.70 bits per heavy atom. The molecule has 137 valence electrons. The number of fused-ring (bicyclic) bond motifs is 2. The molecular formula is C24H23Cl2Zr. The Morgan fingerprint density at radius 1 is 0.963 bits per heavy atom.